The fraction of sp³-hybridized carbons (Fsp3) is 0.0189. The Morgan fingerprint density at radius 1 is 0.441 bits per heavy atom. The molecule has 59 heavy (non-hydrogen) atoms. The van der Waals surface area contributed by atoms with Crippen molar-refractivity contribution < 1.29 is 4.74 Å². The first-order chi connectivity index (χ1) is 29.2. The number of hydrogen-bond donors (Lipinski definition) is 1. The number of rotatable bonds is 8. The van der Waals surface area contributed by atoms with Crippen LogP contribution in [0.2, 0.25) is 0 Å². The van der Waals surface area contributed by atoms with Crippen LogP contribution in [-0.4, -0.2) is 19.1 Å². The van der Waals surface area contributed by atoms with Crippen LogP contribution in [0.15, 0.2) is 200 Å². The van der Waals surface area contributed by atoms with Gasteiger partial charge in [0.2, 0.25) is 5.95 Å². The topological polar surface area (TPSA) is 70.9 Å². The lowest BCUT2D eigenvalue weighted by atomic mass is 10.0. The Balaban J connectivity index is 1.24. The van der Waals surface area contributed by atoms with Gasteiger partial charge in [-0.1, -0.05) is 158 Å². The summed E-state index contributed by atoms with van der Waals surface area (Å²) >= 11 is 0. The van der Waals surface area contributed by atoms with Crippen molar-refractivity contribution in [2.24, 2.45) is 0 Å². The second kappa shape index (κ2) is 14.2. The van der Waals surface area contributed by atoms with Gasteiger partial charge in [-0.3, -0.25) is 4.57 Å². The predicted molar refractivity (Wildman–Crippen MR) is 242 cm³/mol. The summed E-state index contributed by atoms with van der Waals surface area (Å²) in [4.78, 5) is 10.8. The minimum absolute atomic E-state index is 0.366. The molecule has 3 heterocycles. The standard InChI is InChI=1S/C53H37N5O/c54-43-29-31-48-50(52(43)59-34-35-16-5-1-6-17-35)41-25-15-27-49(57-46-26-14-13-24-40(46)42-32-39(28-30-47(42)57)36-18-7-2-8-19-36)51(41)58(48)53-55-44(37-20-9-3-10-21-37)33-45(56-53)38-22-11-4-12-23-38/h1-33H,34,54H2. The minimum atomic E-state index is 0.366. The molecule has 280 valence electrons. The van der Waals surface area contributed by atoms with Crippen molar-refractivity contribution in [3.63, 3.8) is 0 Å². The van der Waals surface area contributed by atoms with Crippen LogP contribution in [0.3, 0.4) is 0 Å². The monoisotopic (exact) mass is 759 g/mol. The number of nitrogens with zero attached hydrogens (tertiary/aromatic N) is 4. The summed E-state index contributed by atoms with van der Waals surface area (Å²) in [5.41, 5.74) is 19.5. The summed E-state index contributed by atoms with van der Waals surface area (Å²) in [5.74, 6) is 1.17. The van der Waals surface area contributed by atoms with Crippen LogP contribution in [0.25, 0.3) is 88.9 Å². The van der Waals surface area contributed by atoms with Gasteiger partial charge in [0.15, 0.2) is 5.75 Å². The molecule has 0 unspecified atom stereocenters. The molecule has 0 amide bonds. The Labute approximate surface area is 341 Å². The van der Waals surface area contributed by atoms with Crippen molar-refractivity contribution >= 4 is 49.3 Å². The zero-order valence-corrected chi connectivity index (χ0v) is 32.0. The van der Waals surface area contributed by atoms with Crippen molar-refractivity contribution in [1.82, 2.24) is 19.1 Å². The average Bonchev–Trinajstić information content (AvgIpc) is 3.82. The molecule has 0 saturated heterocycles. The number of ether oxygens (including phenoxy) is 1. The Morgan fingerprint density at radius 2 is 1.02 bits per heavy atom. The van der Waals surface area contributed by atoms with Gasteiger partial charge in [-0.05, 0) is 59.2 Å². The van der Waals surface area contributed by atoms with E-state index in [4.69, 9.17) is 20.4 Å². The molecule has 0 atom stereocenters. The average molecular weight is 760 g/mol. The van der Waals surface area contributed by atoms with Gasteiger partial charge in [-0.25, -0.2) is 9.97 Å². The first-order valence-electron chi connectivity index (χ1n) is 19.8. The van der Waals surface area contributed by atoms with E-state index < -0.39 is 0 Å². The van der Waals surface area contributed by atoms with E-state index in [-0.39, 0.29) is 0 Å². The third-order valence-corrected chi connectivity index (χ3v) is 11.2. The highest BCUT2D eigenvalue weighted by Crippen LogP contribution is 2.45. The molecule has 6 nitrogen and oxygen atoms in total. The van der Waals surface area contributed by atoms with E-state index in [1.165, 1.54) is 21.9 Å². The number of hydrogen-bond acceptors (Lipinski definition) is 4. The molecule has 0 bridgehead atoms. The van der Waals surface area contributed by atoms with Crippen LogP contribution in [0, 0.1) is 0 Å². The molecule has 0 aliphatic rings. The number of fused-ring (bicyclic) bond motifs is 6. The number of nitrogen functional groups attached to an aromatic ring is 1. The van der Waals surface area contributed by atoms with Crippen molar-refractivity contribution in [2.75, 3.05) is 5.73 Å². The van der Waals surface area contributed by atoms with Crippen LogP contribution in [-0.2, 0) is 6.61 Å². The molecule has 11 aromatic rings. The summed E-state index contributed by atoms with van der Waals surface area (Å²) in [6.45, 7) is 0.366. The van der Waals surface area contributed by atoms with Crippen LogP contribution in [0.4, 0.5) is 5.69 Å². The third kappa shape index (κ3) is 5.89. The van der Waals surface area contributed by atoms with Gasteiger partial charge in [0, 0.05) is 27.3 Å². The molecule has 8 aromatic carbocycles. The number of anilines is 1. The van der Waals surface area contributed by atoms with Gasteiger partial charge >= 0.3 is 0 Å². The van der Waals surface area contributed by atoms with Crippen molar-refractivity contribution in [2.45, 2.75) is 6.61 Å². The lowest BCUT2D eigenvalue weighted by molar-refractivity contribution is 0.312. The molecule has 0 fully saturated rings. The largest absolute Gasteiger partial charge is 0.486 e. The van der Waals surface area contributed by atoms with Gasteiger partial charge in [-0.2, -0.15) is 0 Å². The van der Waals surface area contributed by atoms with E-state index >= 15 is 0 Å². The maximum Gasteiger partial charge on any atom is 0.235 e. The van der Waals surface area contributed by atoms with Crippen molar-refractivity contribution in [3.05, 3.63) is 206 Å². The Hall–Kier alpha value is -7.96. The van der Waals surface area contributed by atoms with E-state index in [1.54, 1.807) is 0 Å². The maximum atomic E-state index is 6.86. The van der Waals surface area contributed by atoms with Crippen molar-refractivity contribution in [1.29, 1.82) is 0 Å². The minimum Gasteiger partial charge on any atom is -0.486 e. The highest BCUT2D eigenvalue weighted by atomic mass is 16.5. The van der Waals surface area contributed by atoms with E-state index in [0.29, 0.717) is 24.0 Å². The number of nitrogens with two attached hydrogens (primary N) is 1. The summed E-state index contributed by atoms with van der Waals surface area (Å²) < 4.78 is 11.3. The fourth-order valence-electron chi connectivity index (χ4n) is 8.49. The van der Waals surface area contributed by atoms with Crippen LogP contribution >= 0.6 is 0 Å². The van der Waals surface area contributed by atoms with Crippen LogP contribution in [0.5, 0.6) is 5.75 Å². The molecule has 0 saturated carbocycles. The fourth-order valence-corrected chi connectivity index (χ4v) is 8.49. The number of benzene rings is 8. The molecule has 3 aromatic heterocycles. The second-order valence-electron chi connectivity index (χ2n) is 14.8. The molecular formula is C53H37N5O. The molecule has 0 aliphatic carbocycles. The molecule has 0 spiro atoms. The smallest absolute Gasteiger partial charge is 0.235 e. The SMILES string of the molecule is Nc1ccc2c(c1OCc1ccccc1)c1cccc(-n3c4ccccc4c4cc(-c5ccccc5)ccc43)c1n2-c1nc(-c2ccccc2)cc(-c2ccccc2)n1. The Morgan fingerprint density at radius 3 is 1.71 bits per heavy atom. The highest BCUT2D eigenvalue weighted by molar-refractivity contribution is 6.18. The van der Waals surface area contributed by atoms with E-state index in [9.17, 15) is 0 Å². The molecular weight excluding hydrogens is 723 g/mol. The quantitative estimate of drug-likeness (QED) is 0.157. The van der Waals surface area contributed by atoms with E-state index in [2.05, 4.69) is 149 Å². The number of aromatic nitrogens is 4. The summed E-state index contributed by atoms with van der Waals surface area (Å²) in [6, 6.07) is 69.3. The van der Waals surface area contributed by atoms with Gasteiger partial charge in [-0.15, -0.1) is 0 Å². The Bertz CT molecular complexity index is 3260. The molecule has 0 aliphatic heterocycles. The molecule has 6 heteroatoms. The Kier molecular flexibility index (Phi) is 8.26. The summed E-state index contributed by atoms with van der Waals surface area (Å²) in [6.07, 6.45) is 0. The van der Waals surface area contributed by atoms with Gasteiger partial charge < -0.3 is 15.0 Å². The molecule has 0 radical (unpaired) electrons. The highest BCUT2D eigenvalue weighted by Gasteiger charge is 2.25. The third-order valence-electron chi connectivity index (χ3n) is 11.2. The van der Waals surface area contributed by atoms with E-state index in [1.807, 2.05) is 60.7 Å². The molecule has 2 N–H and O–H groups in total. The summed E-state index contributed by atoms with van der Waals surface area (Å²) in [7, 11) is 0. The lowest BCUT2D eigenvalue weighted by Gasteiger charge is -2.15. The van der Waals surface area contributed by atoms with Gasteiger partial charge in [0.1, 0.15) is 6.61 Å². The number of para-hydroxylation sites is 2. The second-order valence-corrected chi connectivity index (χ2v) is 14.8. The van der Waals surface area contributed by atoms with Gasteiger partial charge in [0.25, 0.3) is 0 Å². The first kappa shape index (κ1) is 34.3. The molecule has 11 rings (SSSR count). The lowest BCUT2D eigenvalue weighted by Crippen LogP contribution is -2.06. The van der Waals surface area contributed by atoms with E-state index in [0.717, 1.165) is 66.6 Å². The first-order valence-corrected chi connectivity index (χ1v) is 19.8. The zero-order chi connectivity index (χ0) is 39.3. The van der Waals surface area contributed by atoms with Crippen LogP contribution in [0.1, 0.15) is 5.56 Å². The summed E-state index contributed by atoms with van der Waals surface area (Å²) in [5, 5.41) is 4.23. The maximum absolute atomic E-state index is 6.86. The zero-order valence-electron chi connectivity index (χ0n) is 32.0. The predicted octanol–water partition coefficient (Wildman–Crippen LogP) is 12.8. The normalized spacial score (nSPS) is 11.5. The van der Waals surface area contributed by atoms with Gasteiger partial charge in [0.05, 0.1) is 50.2 Å². The van der Waals surface area contributed by atoms with Crippen molar-refractivity contribution in [3.8, 4) is 51.0 Å². The van der Waals surface area contributed by atoms with Crippen LogP contribution < -0.4 is 10.5 Å².